The number of nitrogens with zero attached hydrogens (tertiary/aromatic N) is 1. The second-order valence-electron chi connectivity index (χ2n) is 5.53. The number of ether oxygens (including phenoxy) is 2. The highest BCUT2D eigenvalue weighted by Gasteiger charge is 2.34. The molecule has 0 radical (unpaired) electrons. The van der Waals surface area contributed by atoms with E-state index in [0.29, 0.717) is 22.6 Å². The van der Waals surface area contributed by atoms with Crippen LogP contribution in [0.3, 0.4) is 0 Å². The van der Waals surface area contributed by atoms with Crippen LogP contribution in [-0.4, -0.2) is 42.6 Å². The van der Waals surface area contributed by atoms with Crippen LogP contribution in [0.15, 0.2) is 48.5 Å². The van der Waals surface area contributed by atoms with Crippen LogP contribution in [0.4, 0.5) is 10.5 Å². The third-order valence-electron chi connectivity index (χ3n) is 3.82. The lowest BCUT2D eigenvalue weighted by Gasteiger charge is -2.15. The highest BCUT2D eigenvalue weighted by molar-refractivity contribution is 6.21. The number of amides is 3. The number of imide groups is 1. The smallest absolute Gasteiger partial charge is 0.411 e. The molecule has 2 aromatic rings. The molecule has 1 aliphatic rings. The van der Waals surface area contributed by atoms with Crippen molar-refractivity contribution >= 4 is 23.6 Å². The molecule has 2 aromatic carbocycles. The molecule has 3 rings (SSSR count). The van der Waals surface area contributed by atoms with Crippen LogP contribution in [0.5, 0.6) is 5.75 Å². The van der Waals surface area contributed by atoms with Crippen LogP contribution in [0.25, 0.3) is 0 Å². The maximum absolute atomic E-state index is 12.3. The number of benzene rings is 2. The first kappa shape index (κ1) is 17.5. The van der Waals surface area contributed by atoms with Gasteiger partial charge < -0.3 is 9.47 Å². The fourth-order valence-corrected chi connectivity index (χ4v) is 2.65. The van der Waals surface area contributed by atoms with Gasteiger partial charge in [0.2, 0.25) is 0 Å². The predicted molar refractivity (Wildman–Crippen MR) is 94.4 cm³/mol. The third kappa shape index (κ3) is 3.66. The summed E-state index contributed by atoms with van der Waals surface area (Å²) in [7, 11) is 0. The van der Waals surface area contributed by atoms with Crippen LogP contribution >= 0.6 is 0 Å². The van der Waals surface area contributed by atoms with Gasteiger partial charge in [-0.3, -0.25) is 19.8 Å². The molecular formula is C19H18N2O5. The molecule has 7 nitrogen and oxygen atoms in total. The Hall–Kier alpha value is -3.35. The van der Waals surface area contributed by atoms with E-state index in [1.807, 2.05) is 0 Å². The molecular weight excluding hydrogens is 336 g/mol. The number of nitrogens with one attached hydrogen (secondary N) is 1. The summed E-state index contributed by atoms with van der Waals surface area (Å²) in [5, 5.41) is 2.58. The van der Waals surface area contributed by atoms with Crippen molar-refractivity contribution in [3.8, 4) is 5.75 Å². The van der Waals surface area contributed by atoms with Gasteiger partial charge in [0.25, 0.3) is 11.8 Å². The van der Waals surface area contributed by atoms with Crippen LogP contribution in [0, 0.1) is 0 Å². The Morgan fingerprint density at radius 3 is 2.38 bits per heavy atom. The topological polar surface area (TPSA) is 84.9 Å². The van der Waals surface area contributed by atoms with Crippen molar-refractivity contribution in [2.75, 3.05) is 25.1 Å². The minimum absolute atomic E-state index is 0.141. The number of anilines is 1. The fraction of sp³-hybridized carbons (Fsp3) is 0.211. The largest absolute Gasteiger partial charge is 0.492 e. The highest BCUT2D eigenvalue weighted by atomic mass is 16.5. The van der Waals surface area contributed by atoms with E-state index >= 15 is 0 Å². The van der Waals surface area contributed by atoms with Crippen LogP contribution < -0.4 is 10.1 Å². The predicted octanol–water partition coefficient (Wildman–Crippen LogP) is 2.93. The minimum Gasteiger partial charge on any atom is -0.492 e. The van der Waals surface area contributed by atoms with Gasteiger partial charge in [-0.2, -0.15) is 0 Å². The first-order valence-electron chi connectivity index (χ1n) is 8.22. The number of rotatable bonds is 6. The normalized spacial score (nSPS) is 12.7. The Balaban J connectivity index is 1.57. The molecule has 0 spiro atoms. The molecule has 1 heterocycles. The molecule has 0 atom stereocenters. The number of carbonyl (C=O) groups is 3. The van der Waals surface area contributed by atoms with Crippen molar-refractivity contribution in [2.24, 2.45) is 0 Å². The standard InChI is InChI=1S/C19H18N2O5/c1-2-25-19(24)20-13-6-5-7-14(12-13)26-11-10-21-17(22)15-8-3-4-9-16(15)18(21)23/h3-9,12H,2,10-11H2,1H3,(H,20,24). The first-order valence-corrected chi connectivity index (χ1v) is 8.22. The number of carbonyl (C=O) groups excluding carboxylic acids is 3. The molecule has 0 saturated heterocycles. The summed E-state index contributed by atoms with van der Waals surface area (Å²) >= 11 is 0. The van der Waals surface area contributed by atoms with Crippen molar-refractivity contribution < 1.29 is 23.9 Å². The highest BCUT2D eigenvalue weighted by Crippen LogP contribution is 2.22. The average molecular weight is 354 g/mol. The summed E-state index contributed by atoms with van der Waals surface area (Å²) < 4.78 is 10.4. The van der Waals surface area contributed by atoms with Gasteiger partial charge in [0.05, 0.1) is 24.3 Å². The maximum Gasteiger partial charge on any atom is 0.411 e. The fourth-order valence-electron chi connectivity index (χ4n) is 2.65. The van der Waals surface area contributed by atoms with Crippen LogP contribution in [0.2, 0.25) is 0 Å². The summed E-state index contributed by atoms with van der Waals surface area (Å²) in [6, 6.07) is 13.5. The van der Waals surface area contributed by atoms with Gasteiger partial charge in [-0.15, -0.1) is 0 Å². The Bertz CT molecular complexity index is 814. The van der Waals surface area contributed by atoms with Crippen molar-refractivity contribution in [3.63, 3.8) is 0 Å². The van der Waals surface area contributed by atoms with Crippen LogP contribution in [0.1, 0.15) is 27.6 Å². The van der Waals surface area contributed by atoms with Crippen molar-refractivity contribution in [1.82, 2.24) is 4.90 Å². The Kier molecular flexibility index (Phi) is 5.17. The third-order valence-corrected chi connectivity index (χ3v) is 3.82. The summed E-state index contributed by atoms with van der Waals surface area (Å²) in [6.45, 7) is 2.29. The molecule has 0 bridgehead atoms. The summed E-state index contributed by atoms with van der Waals surface area (Å²) in [4.78, 5) is 37.2. The minimum atomic E-state index is -0.546. The number of fused-ring (bicyclic) bond motifs is 1. The SMILES string of the molecule is CCOC(=O)Nc1cccc(OCCN2C(=O)c3ccccc3C2=O)c1. The summed E-state index contributed by atoms with van der Waals surface area (Å²) in [6.07, 6.45) is -0.546. The van der Waals surface area contributed by atoms with E-state index in [-0.39, 0.29) is 31.6 Å². The van der Waals surface area contributed by atoms with E-state index in [1.54, 1.807) is 55.5 Å². The van der Waals surface area contributed by atoms with Gasteiger partial charge in [0.1, 0.15) is 12.4 Å². The van der Waals surface area contributed by atoms with E-state index in [0.717, 1.165) is 0 Å². The second kappa shape index (κ2) is 7.69. The van der Waals surface area contributed by atoms with Gasteiger partial charge in [0, 0.05) is 11.8 Å². The number of hydrogen-bond acceptors (Lipinski definition) is 5. The van der Waals surface area contributed by atoms with Gasteiger partial charge in [-0.1, -0.05) is 18.2 Å². The zero-order valence-electron chi connectivity index (χ0n) is 14.2. The molecule has 0 unspecified atom stereocenters. The van der Waals surface area contributed by atoms with Gasteiger partial charge in [-0.25, -0.2) is 4.79 Å². The molecule has 3 amide bonds. The first-order chi connectivity index (χ1) is 12.6. The van der Waals surface area contributed by atoms with E-state index in [9.17, 15) is 14.4 Å². The lowest BCUT2D eigenvalue weighted by molar-refractivity contribution is 0.0631. The van der Waals surface area contributed by atoms with Gasteiger partial charge in [0.15, 0.2) is 0 Å². The Labute approximate surface area is 150 Å². The monoisotopic (exact) mass is 354 g/mol. The quantitative estimate of drug-likeness (QED) is 0.806. The van der Waals surface area contributed by atoms with E-state index in [4.69, 9.17) is 9.47 Å². The zero-order valence-corrected chi connectivity index (χ0v) is 14.2. The van der Waals surface area contributed by atoms with E-state index in [2.05, 4.69) is 5.32 Å². The van der Waals surface area contributed by atoms with Crippen molar-refractivity contribution in [1.29, 1.82) is 0 Å². The average Bonchev–Trinajstić information content (AvgIpc) is 2.87. The molecule has 0 fully saturated rings. The summed E-state index contributed by atoms with van der Waals surface area (Å²) in [5.41, 5.74) is 1.36. The maximum atomic E-state index is 12.3. The van der Waals surface area contributed by atoms with E-state index in [1.165, 1.54) is 4.90 Å². The van der Waals surface area contributed by atoms with Gasteiger partial charge >= 0.3 is 6.09 Å². The van der Waals surface area contributed by atoms with Crippen molar-refractivity contribution in [3.05, 3.63) is 59.7 Å². The molecule has 134 valence electrons. The second-order valence-corrected chi connectivity index (χ2v) is 5.53. The molecule has 1 N–H and O–H groups in total. The Morgan fingerprint density at radius 2 is 1.73 bits per heavy atom. The lowest BCUT2D eigenvalue weighted by Crippen LogP contribution is -2.33. The van der Waals surface area contributed by atoms with Crippen molar-refractivity contribution in [2.45, 2.75) is 6.92 Å². The zero-order chi connectivity index (χ0) is 18.5. The lowest BCUT2D eigenvalue weighted by atomic mass is 10.1. The van der Waals surface area contributed by atoms with E-state index < -0.39 is 6.09 Å². The van der Waals surface area contributed by atoms with Gasteiger partial charge in [-0.05, 0) is 31.2 Å². The molecule has 0 aliphatic carbocycles. The number of hydrogen-bond donors (Lipinski definition) is 1. The Morgan fingerprint density at radius 1 is 1.04 bits per heavy atom. The molecule has 0 saturated carbocycles. The molecule has 0 aromatic heterocycles. The van der Waals surface area contributed by atoms with Crippen LogP contribution in [-0.2, 0) is 4.74 Å². The molecule has 1 aliphatic heterocycles. The summed E-state index contributed by atoms with van der Waals surface area (Å²) in [5.74, 6) is -0.116. The molecule has 7 heteroatoms. The molecule has 26 heavy (non-hydrogen) atoms.